The van der Waals surface area contributed by atoms with Crippen LogP contribution in [0.15, 0.2) is 27.7 Å². The number of halogens is 1. The molecule has 0 radical (unpaired) electrons. The molecule has 0 aliphatic carbocycles. The van der Waals surface area contributed by atoms with E-state index in [0.717, 1.165) is 29.9 Å². The minimum atomic E-state index is -0.316. The fraction of sp³-hybridized carbons (Fsp3) is 0.417. The fourth-order valence-corrected chi connectivity index (χ4v) is 2.71. The van der Waals surface area contributed by atoms with Crippen LogP contribution in [0.25, 0.3) is 0 Å². The third kappa shape index (κ3) is 1.52. The van der Waals surface area contributed by atoms with Crippen molar-refractivity contribution in [1.82, 2.24) is 4.90 Å². The van der Waals surface area contributed by atoms with E-state index >= 15 is 0 Å². The Bertz CT molecular complexity index is 460. The van der Waals surface area contributed by atoms with E-state index in [1.54, 1.807) is 0 Å². The van der Waals surface area contributed by atoms with Crippen LogP contribution in [-0.2, 0) is 10.3 Å². The molecule has 1 aromatic carbocycles. The third-order valence-corrected chi connectivity index (χ3v) is 3.66. The molecule has 0 N–H and O–H groups in total. The van der Waals surface area contributed by atoms with Crippen LogP contribution in [0.3, 0.4) is 0 Å². The summed E-state index contributed by atoms with van der Waals surface area (Å²) in [7, 11) is 2.12. The van der Waals surface area contributed by atoms with Gasteiger partial charge in [0.2, 0.25) is 0 Å². The first-order valence-corrected chi connectivity index (χ1v) is 6.17. The highest BCUT2D eigenvalue weighted by atomic mass is 79.9. The summed E-state index contributed by atoms with van der Waals surface area (Å²) in [6.07, 6.45) is 1.94. The predicted octanol–water partition coefficient (Wildman–Crippen LogP) is 2.32. The molecule has 0 saturated carbocycles. The van der Waals surface area contributed by atoms with Crippen LogP contribution in [0.5, 0.6) is 0 Å². The number of fused-ring (bicyclic) bond motifs is 2. The zero-order valence-electron chi connectivity index (χ0n) is 9.11. The number of benzene rings is 1. The SMILES string of the molecule is CN1CCOC2(C=Nc3cc(Br)ccc32)C1. The first-order chi connectivity index (χ1) is 7.70. The highest BCUT2D eigenvalue weighted by Gasteiger charge is 2.40. The van der Waals surface area contributed by atoms with Crippen molar-refractivity contribution >= 4 is 27.8 Å². The summed E-state index contributed by atoms with van der Waals surface area (Å²) in [5.74, 6) is 0. The first kappa shape index (κ1) is 10.4. The molecule has 84 valence electrons. The molecule has 1 aromatic rings. The van der Waals surface area contributed by atoms with Crippen molar-refractivity contribution in [2.75, 3.05) is 26.7 Å². The number of ether oxygens (including phenoxy) is 1. The van der Waals surface area contributed by atoms with Crippen LogP contribution in [0.2, 0.25) is 0 Å². The molecule has 0 aromatic heterocycles. The van der Waals surface area contributed by atoms with E-state index < -0.39 is 0 Å². The lowest BCUT2D eigenvalue weighted by molar-refractivity contribution is -0.0573. The second-order valence-corrected chi connectivity index (χ2v) is 5.31. The van der Waals surface area contributed by atoms with Crippen molar-refractivity contribution in [2.45, 2.75) is 5.60 Å². The zero-order valence-corrected chi connectivity index (χ0v) is 10.7. The van der Waals surface area contributed by atoms with E-state index in [2.05, 4.69) is 38.9 Å². The predicted molar refractivity (Wildman–Crippen MR) is 67.4 cm³/mol. The minimum Gasteiger partial charge on any atom is -0.362 e. The van der Waals surface area contributed by atoms with Crippen LogP contribution in [0.1, 0.15) is 5.56 Å². The van der Waals surface area contributed by atoms with E-state index in [1.165, 1.54) is 5.56 Å². The standard InChI is InChI=1S/C12H13BrN2O/c1-15-4-5-16-12(8-15)7-14-11-6-9(13)2-3-10(11)12/h2-3,6-7H,4-5,8H2,1H3. The second-order valence-electron chi connectivity index (χ2n) is 4.40. The van der Waals surface area contributed by atoms with Gasteiger partial charge >= 0.3 is 0 Å². The van der Waals surface area contributed by atoms with E-state index in [1.807, 2.05) is 18.3 Å². The number of hydrogen-bond acceptors (Lipinski definition) is 3. The minimum absolute atomic E-state index is 0.316. The lowest BCUT2D eigenvalue weighted by Gasteiger charge is -2.37. The normalized spacial score (nSPS) is 28.6. The second kappa shape index (κ2) is 3.65. The van der Waals surface area contributed by atoms with Crippen LogP contribution < -0.4 is 0 Å². The summed E-state index contributed by atoms with van der Waals surface area (Å²) in [5.41, 5.74) is 1.88. The highest BCUT2D eigenvalue weighted by molar-refractivity contribution is 9.10. The Hall–Kier alpha value is -0.710. The maximum absolute atomic E-state index is 5.96. The maximum Gasteiger partial charge on any atom is 0.143 e. The molecule has 1 fully saturated rings. The Balaban J connectivity index is 2.04. The molecule has 2 heterocycles. The topological polar surface area (TPSA) is 24.8 Å². The van der Waals surface area contributed by atoms with Gasteiger partial charge in [0.15, 0.2) is 0 Å². The quantitative estimate of drug-likeness (QED) is 0.729. The molecule has 1 unspecified atom stereocenters. The number of morpholine rings is 1. The molecule has 3 nitrogen and oxygen atoms in total. The van der Waals surface area contributed by atoms with Crippen molar-refractivity contribution in [3.8, 4) is 0 Å². The van der Waals surface area contributed by atoms with Gasteiger partial charge in [-0.1, -0.05) is 22.0 Å². The molecule has 16 heavy (non-hydrogen) atoms. The summed E-state index contributed by atoms with van der Waals surface area (Å²) < 4.78 is 7.02. The van der Waals surface area contributed by atoms with Crippen molar-refractivity contribution in [2.24, 2.45) is 4.99 Å². The summed E-state index contributed by atoms with van der Waals surface area (Å²) in [6.45, 7) is 2.63. The van der Waals surface area contributed by atoms with Gasteiger partial charge in [-0.15, -0.1) is 0 Å². The number of aliphatic imine (C=N–C) groups is 1. The average Bonchev–Trinajstić information content (AvgIpc) is 2.57. The van der Waals surface area contributed by atoms with Gasteiger partial charge in [0.05, 0.1) is 12.3 Å². The molecule has 1 spiro atoms. The maximum atomic E-state index is 5.96. The highest BCUT2D eigenvalue weighted by Crippen LogP contribution is 2.40. The van der Waals surface area contributed by atoms with Gasteiger partial charge in [0, 0.05) is 29.3 Å². The van der Waals surface area contributed by atoms with Gasteiger partial charge in [-0.05, 0) is 19.2 Å². The van der Waals surface area contributed by atoms with Crippen LogP contribution in [0, 0.1) is 0 Å². The van der Waals surface area contributed by atoms with Gasteiger partial charge < -0.3 is 9.64 Å². The molecule has 2 aliphatic rings. The largest absolute Gasteiger partial charge is 0.362 e. The lowest BCUT2D eigenvalue weighted by atomic mass is 9.94. The number of hydrogen-bond donors (Lipinski definition) is 0. The Morgan fingerprint density at radius 1 is 1.50 bits per heavy atom. The molecular formula is C12H13BrN2O. The molecule has 1 saturated heterocycles. The Kier molecular flexibility index (Phi) is 2.38. The Morgan fingerprint density at radius 2 is 2.38 bits per heavy atom. The zero-order chi connectivity index (χ0) is 11.2. The van der Waals surface area contributed by atoms with E-state index in [-0.39, 0.29) is 5.60 Å². The molecular weight excluding hydrogens is 268 g/mol. The average molecular weight is 281 g/mol. The molecule has 2 aliphatic heterocycles. The van der Waals surface area contributed by atoms with Crippen molar-refractivity contribution in [3.63, 3.8) is 0 Å². The first-order valence-electron chi connectivity index (χ1n) is 5.37. The smallest absolute Gasteiger partial charge is 0.143 e. The van der Waals surface area contributed by atoms with E-state index in [0.29, 0.717) is 0 Å². The van der Waals surface area contributed by atoms with Gasteiger partial charge in [0.25, 0.3) is 0 Å². The monoisotopic (exact) mass is 280 g/mol. The van der Waals surface area contributed by atoms with Gasteiger partial charge in [-0.25, -0.2) is 0 Å². The van der Waals surface area contributed by atoms with Crippen molar-refractivity contribution in [1.29, 1.82) is 0 Å². The Labute approximate surface area is 103 Å². The van der Waals surface area contributed by atoms with Gasteiger partial charge in [0.1, 0.15) is 5.60 Å². The molecule has 0 amide bonds. The van der Waals surface area contributed by atoms with Crippen LogP contribution >= 0.6 is 15.9 Å². The molecule has 3 rings (SSSR count). The number of likely N-dealkylation sites (N-methyl/N-ethyl adjacent to an activating group) is 1. The summed E-state index contributed by atoms with van der Waals surface area (Å²) >= 11 is 3.46. The van der Waals surface area contributed by atoms with Gasteiger partial charge in [-0.3, -0.25) is 4.99 Å². The summed E-state index contributed by atoms with van der Waals surface area (Å²) in [5, 5.41) is 0. The van der Waals surface area contributed by atoms with Crippen LogP contribution in [-0.4, -0.2) is 37.9 Å². The number of rotatable bonds is 0. The lowest BCUT2D eigenvalue weighted by Crippen LogP contribution is -2.48. The van der Waals surface area contributed by atoms with E-state index in [9.17, 15) is 0 Å². The van der Waals surface area contributed by atoms with Gasteiger partial charge in [-0.2, -0.15) is 0 Å². The summed E-state index contributed by atoms with van der Waals surface area (Å²) in [6, 6.07) is 6.19. The van der Waals surface area contributed by atoms with Crippen molar-refractivity contribution < 1.29 is 4.74 Å². The molecule has 0 bridgehead atoms. The molecule has 4 heteroatoms. The Morgan fingerprint density at radius 3 is 3.19 bits per heavy atom. The number of nitrogens with zero attached hydrogens (tertiary/aromatic N) is 2. The van der Waals surface area contributed by atoms with Crippen LogP contribution in [0.4, 0.5) is 5.69 Å². The molecule has 1 atom stereocenters. The summed E-state index contributed by atoms with van der Waals surface area (Å²) in [4.78, 5) is 6.75. The third-order valence-electron chi connectivity index (χ3n) is 3.17. The van der Waals surface area contributed by atoms with Crippen molar-refractivity contribution in [3.05, 3.63) is 28.2 Å². The fourth-order valence-electron chi connectivity index (χ4n) is 2.36. The van der Waals surface area contributed by atoms with E-state index in [4.69, 9.17) is 4.74 Å².